The molecule has 0 aromatic heterocycles. The molecule has 6 nitrogen and oxygen atoms in total. The van der Waals surface area contributed by atoms with E-state index in [0.717, 1.165) is 75.6 Å². The number of benzene rings is 1. The number of carbonyl (C=O) groups is 2. The maximum atomic E-state index is 14.2. The Balaban J connectivity index is 1.43. The van der Waals surface area contributed by atoms with E-state index in [2.05, 4.69) is 27.2 Å². The number of nitrogens with zero attached hydrogens (tertiary/aromatic N) is 3. The highest BCUT2D eigenvalue weighted by Crippen LogP contribution is 2.57. The molecule has 4 aliphatic heterocycles. The molecule has 3 saturated heterocycles. The van der Waals surface area contributed by atoms with Crippen molar-refractivity contribution in [2.24, 2.45) is 11.8 Å². The number of para-hydroxylation sites is 1. The molecule has 1 N–H and O–H groups in total. The van der Waals surface area contributed by atoms with Gasteiger partial charge in [0.2, 0.25) is 5.91 Å². The van der Waals surface area contributed by atoms with Crippen LogP contribution >= 0.6 is 0 Å². The van der Waals surface area contributed by atoms with Crippen LogP contribution in [0.5, 0.6) is 0 Å². The molecule has 3 atom stereocenters. The van der Waals surface area contributed by atoms with E-state index in [-0.39, 0.29) is 17.7 Å². The van der Waals surface area contributed by atoms with Crippen molar-refractivity contribution < 1.29 is 9.59 Å². The maximum Gasteiger partial charge on any atom is 0.253 e. The molecule has 4 heterocycles. The van der Waals surface area contributed by atoms with Crippen LogP contribution in [-0.4, -0.2) is 66.9 Å². The molecule has 6 heteroatoms. The Morgan fingerprint density at radius 1 is 1.00 bits per heavy atom. The van der Waals surface area contributed by atoms with E-state index < -0.39 is 5.54 Å². The lowest BCUT2D eigenvalue weighted by molar-refractivity contribution is -0.139. The van der Waals surface area contributed by atoms with E-state index in [0.29, 0.717) is 12.6 Å². The lowest BCUT2D eigenvalue weighted by Gasteiger charge is -2.38. The second kappa shape index (κ2) is 7.06. The Morgan fingerprint density at radius 3 is 2.73 bits per heavy atom. The van der Waals surface area contributed by atoms with Crippen molar-refractivity contribution in [3.8, 4) is 0 Å². The zero-order valence-corrected chi connectivity index (χ0v) is 17.7. The minimum Gasteiger partial charge on any atom is -0.356 e. The zero-order chi connectivity index (χ0) is 20.3. The molecule has 1 aliphatic carbocycles. The molecule has 1 aromatic rings. The summed E-state index contributed by atoms with van der Waals surface area (Å²) in [5.74, 6) is 0.748. The van der Waals surface area contributed by atoms with Gasteiger partial charge in [0.25, 0.3) is 5.91 Å². The van der Waals surface area contributed by atoms with Crippen LogP contribution in [0.4, 0.5) is 5.69 Å². The first-order valence-electron chi connectivity index (χ1n) is 11.9. The average Bonchev–Trinajstić information content (AvgIpc) is 3.24. The molecule has 0 unspecified atom stereocenters. The number of hydrogen-bond donors (Lipinski definition) is 1. The van der Waals surface area contributed by atoms with Gasteiger partial charge in [-0.25, -0.2) is 0 Å². The monoisotopic (exact) mass is 408 g/mol. The van der Waals surface area contributed by atoms with E-state index in [4.69, 9.17) is 0 Å². The van der Waals surface area contributed by atoms with Crippen molar-refractivity contribution in [1.82, 2.24) is 15.1 Å². The number of fused-ring (bicyclic) bond motifs is 4. The van der Waals surface area contributed by atoms with E-state index in [1.54, 1.807) is 0 Å². The Hall–Kier alpha value is -1.92. The number of anilines is 1. The summed E-state index contributed by atoms with van der Waals surface area (Å²) in [5.41, 5.74) is 1.29. The quantitative estimate of drug-likeness (QED) is 0.813. The van der Waals surface area contributed by atoms with E-state index in [1.807, 2.05) is 17.0 Å². The Kier molecular flexibility index (Phi) is 4.43. The fraction of sp³-hybridized carbons (Fsp3) is 0.667. The zero-order valence-electron chi connectivity index (χ0n) is 17.7. The van der Waals surface area contributed by atoms with Crippen LogP contribution < -0.4 is 10.2 Å². The fourth-order valence-corrected chi connectivity index (χ4v) is 6.62. The summed E-state index contributed by atoms with van der Waals surface area (Å²) in [5, 5.41) is 3.22. The summed E-state index contributed by atoms with van der Waals surface area (Å²) in [4.78, 5) is 34.5. The molecule has 1 aromatic carbocycles. The minimum absolute atomic E-state index is 0.0729. The van der Waals surface area contributed by atoms with Gasteiger partial charge in [-0.3, -0.25) is 14.5 Å². The molecule has 1 spiro atoms. The molecule has 2 amide bonds. The van der Waals surface area contributed by atoms with Crippen LogP contribution in [0.3, 0.4) is 0 Å². The maximum absolute atomic E-state index is 14.2. The summed E-state index contributed by atoms with van der Waals surface area (Å²) in [6.45, 7) is 5.36. The highest BCUT2D eigenvalue weighted by atomic mass is 16.2. The number of rotatable bonds is 2. The summed E-state index contributed by atoms with van der Waals surface area (Å²) in [7, 11) is 0. The van der Waals surface area contributed by atoms with E-state index in [1.165, 1.54) is 12.8 Å². The Morgan fingerprint density at radius 2 is 1.87 bits per heavy atom. The number of nitrogens with one attached hydrogen (secondary N) is 1. The van der Waals surface area contributed by atoms with E-state index >= 15 is 0 Å². The largest absolute Gasteiger partial charge is 0.356 e. The highest BCUT2D eigenvalue weighted by Gasteiger charge is 2.67. The van der Waals surface area contributed by atoms with Crippen molar-refractivity contribution in [2.45, 2.75) is 50.1 Å². The van der Waals surface area contributed by atoms with Gasteiger partial charge in [0.15, 0.2) is 0 Å². The standard InChI is InChI=1S/C24H32N4O2/c29-22-20-15-18-5-3-12-28(18)24(20)19-6-1-2-7-21(19)27(23(24)30)14-13-26(11-4-10-25-22)16-17-8-9-17/h1-2,6-7,17-18,20H,3-5,8-16H2,(H,25,29)/t18-,20+,24+/m0/s1. The predicted molar refractivity (Wildman–Crippen MR) is 115 cm³/mol. The highest BCUT2D eigenvalue weighted by molar-refractivity contribution is 6.10. The lowest BCUT2D eigenvalue weighted by atomic mass is 9.78. The third-order valence-electron chi connectivity index (χ3n) is 8.14. The second-order valence-corrected chi connectivity index (χ2v) is 9.91. The predicted octanol–water partition coefficient (Wildman–Crippen LogP) is 1.94. The van der Waals surface area contributed by atoms with Crippen LogP contribution in [0.2, 0.25) is 0 Å². The normalized spacial score (nSPS) is 34.7. The number of hydrogen-bond acceptors (Lipinski definition) is 4. The molecule has 0 radical (unpaired) electrons. The van der Waals surface area contributed by atoms with E-state index in [9.17, 15) is 9.59 Å². The molecule has 5 aliphatic rings. The van der Waals surface area contributed by atoms with Crippen LogP contribution in [0.1, 0.15) is 44.1 Å². The Bertz CT molecular complexity index is 869. The molecule has 1 saturated carbocycles. The van der Waals surface area contributed by atoms with Crippen LogP contribution in [0.25, 0.3) is 0 Å². The van der Waals surface area contributed by atoms with Crippen LogP contribution in [-0.2, 0) is 15.1 Å². The first-order valence-corrected chi connectivity index (χ1v) is 11.9. The van der Waals surface area contributed by atoms with Gasteiger partial charge < -0.3 is 15.1 Å². The van der Waals surface area contributed by atoms with Gasteiger partial charge in [-0.2, -0.15) is 0 Å². The minimum atomic E-state index is -0.803. The van der Waals surface area contributed by atoms with Gasteiger partial charge in [0.1, 0.15) is 5.54 Å². The third kappa shape index (κ3) is 2.69. The van der Waals surface area contributed by atoms with Gasteiger partial charge in [0.05, 0.1) is 5.92 Å². The number of amides is 2. The van der Waals surface area contributed by atoms with Crippen molar-refractivity contribution in [1.29, 1.82) is 0 Å². The van der Waals surface area contributed by atoms with Gasteiger partial charge >= 0.3 is 0 Å². The van der Waals surface area contributed by atoms with Crippen molar-refractivity contribution in [3.63, 3.8) is 0 Å². The van der Waals surface area contributed by atoms with Gasteiger partial charge in [-0.1, -0.05) is 18.2 Å². The molecule has 160 valence electrons. The molecular formula is C24H32N4O2. The average molecular weight is 409 g/mol. The SMILES string of the molecule is O=C1NCCCN(CC2CC2)CCN2C(=O)[C@@]3(c4ccccc42)[C@@H]1C[C@@H]1CCCN13. The van der Waals surface area contributed by atoms with Crippen molar-refractivity contribution >= 4 is 17.5 Å². The smallest absolute Gasteiger partial charge is 0.253 e. The summed E-state index contributed by atoms with van der Waals surface area (Å²) < 4.78 is 0. The molecule has 6 rings (SSSR count). The first kappa shape index (κ1) is 18.8. The molecular weight excluding hydrogens is 376 g/mol. The summed E-state index contributed by atoms with van der Waals surface area (Å²) in [6, 6.07) is 8.60. The van der Waals surface area contributed by atoms with Crippen molar-refractivity contribution in [3.05, 3.63) is 29.8 Å². The second-order valence-electron chi connectivity index (χ2n) is 9.91. The summed E-state index contributed by atoms with van der Waals surface area (Å²) in [6.07, 6.45) is 6.65. The first-order chi connectivity index (χ1) is 14.7. The molecule has 2 bridgehead atoms. The molecule has 30 heavy (non-hydrogen) atoms. The fourth-order valence-electron chi connectivity index (χ4n) is 6.62. The van der Waals surface area contributed by atoms with Crippen LogP contribution in [0, 0.1) is 11.8 Å². The van der Waals surface area contributed by atoms with Gasteiger partial charge in [-0.05, 0) is 63.6 Å². The van der Waals surface area contributed by atoms with Crippen molar-refractivity contribution in [2.75, 3.05) is 44.2 Å². The van der Waals surface area contributed by atoms with Gasteiger partial charge in [-0.15, -0.1) is 0 Å². The van der Waals surface area contributed by atoms with Crippen LogP contribution in [0.15, 0.2) is 24.3 Å². The topological polar surface area (TPSA) is 55.9 Å². The van der Waals surface area contributed by atoms with Gasteiger partial charge in [0, 0.05) is 43.5 Å². The summed E-state index contributed by atoms with van der Waals surface area (Å²) >= 11 is 0. The Labute approximate surface area is 178 Å². The lowest BCUT2D eigenvalue weighted by Crippen LogP contribution is -2.57. The number of carbonyl (C=O) groups excluding carboxylic acids is 2. The molecule has 4 fully saturated rings. The third-order valence-corrected chi connectivity index (χ3v) is 8.14.